The van der Waals surface area contributed by atoms with Gasteiger partial charge >= 0.3 is 0 Å². The summed E-state index contributed by atoms with van der Waals surface area (Å²) < 4.78 is 36.3. The lowest BCUT2D eigenvalue weighted by molar-refractivity contribution is -0.659. The van der Waals surface area contributed by atoms with Gasteiger partial charge in [-0.3, -0.25) is 0 Å². The molecular formula is C26H20F2NO+. The largest absolute Gasteiger partial charge is 0.455 e. The Labute approximate surface area is 173 Å². The summed E-state index contributed by atoms with van der Waals surface area (Å²) in [5.41, 5.74) is 7.04. The number of hydrogen-bond donors (Lipinski definition) is 0. The van der Waals surface area contributed by atoms with Crippen molar-refractivity contribution in [2.45, 2.75) is 13.8 Å². The zero-order valence-corrected chi connectivity index (χ0v) is 17.0. The molecule has 0 unspecified atom stereocenters. The van der Waals surface area contributed by atoms with Crippen LogP contribution in [0, 0.1) is 25.5 Å². The fourth-order valence-electron chi connectivity index (χ4n) is 4.22. The lowest BCUT2D eigenvalue weighted by Crippen LogP contribution is -2.31. The van der Waals surface area contributed by atoms with Gasteiger partial charge in [0.2, 0.25) is 5.69 Å². The Hall–Kier alpha value is -3.53. The number of furan rings is 1. The molecule has 148 valence electrons. The number of rotatable bonds is 2. The Kier molecular flexibility index (Phi) is 4.17. The van der Waals surface area contributed by atoms with Gasteiger partial charge in [-0.25, -0.2) is 13.3 Å². The van der Waals surface area contributed by atoms with Crippen molar-refractivity contribution in [1.29, 1.82) is 0 Å². The first-order chi connectivity index (χ1) is 14.4. The number of halogens is 2. The number of benzene rings is 3. The number of aryl methyl sites for hydroxylation is 3. The van der Waals surface area contributed by atoms with Crippen molar-refractivity contribution < 1.29 is 17.8 Å². The summed E-state index contributed by atoms with van der Waals surface area (Å²) in [5, 5.41) is 0.959. The normalized spacial score (nSPS) is 11.5. The molecule has 0 aliphatic heterocycles. The molecule has 2 nitrogen and oxygen atoms in total. The average Bonchev–Trinajstić information content (AvgIpc) is 3.08. The third-order valence-electron chi connectivity index (χ3n) is 5.69. The quantitative estimate of drug-likeness (QED) is 0.304. The van der Waals surface area contributed by atoms with E-state index in [2.05, 4.69) is 35.9 Å². The van der Waals surface area contributed by atoms with Crippen molar-refractivity contribution in [3.63, 3.8) is 0 Å². The summed E-state index contributed by atoms with van der Waals surface area (Å²) >= 11 is 0. The fraction of sp³-hybridized carbons (Fsp3) is 0.115. The van der Waals surface area contributed by atoms with E-state index in [1.165, 1.54) is 6.07 Å². The molecule has 0 aliphatic rings. The molecule has 0 fully saturated rings. The van der Waals surface area contributed by atoms with Gasteiger partial charge in [0.25, 0.3) is 0 Å². The van der Waals surface area contributed by atoms with E-state index in [-0.39, 0.29) is 5.58 Å². The molecule has 0 atom stereocenters. The Bertz CT molecular complexity index is 1430. The van der Waals surface area contributed by atoms with Crippen molar-refractivity contribution in [3.8, 4) is 22.4 Å². The van der Waals surface area contributed by atoms with E-state index in [0.29, 0.717) is 16.4 Å². The molecule has 0 amide bonds. The molecule has 0 saturated heterocycles. The van der Waals surface area contributed by atoms with Gasteiger partial charge in [0.15, 0.2) is 6.20 Å². The van der Waals surface area contributed by atoms with E-state index in [1.807, 2.05) is 44.3 Å². The molecule has 0 spiro atoms. The van der Waals surface area contributed by atoms with Crippen LogP contribution >= 0.6 is 0 Å². The van der Waals surface area contributed by atoms with E-state index in [1.54, 1.807) is 0 Å². The zero-order chi connectivity index (χ0) is 21.0. The van der Waals surface area contributed by atoms with Crippen LogP contribution in [0.5, 0.6) is 0 Å². The molecular weight excluding hydrogens is 380 g/mol. The van der Waals surface area contributed by atoms with Crippen LogP contribution < -0.4 is 4.57 Å². The lowest BCUT2D eigenvalue weighted by atomic mass is 9.97. The topological polar surface area (TPSA) is 17.0 Å². The molecule has 2 aromatic heterocycles. The van der Waals surface area contributed by atoms with Gasteiger partial charge in [-0.2, -0.15) is 0 Å². The second kappa shape index (κ2) is 6.77. The van der Waals surface area contributed by atoms with Crippen LogP contribution in [0.25, 0.3) is 44.3 Å². The Morgan fingerprint density at radius 2 is 1.63 bits per heavy atom. The fourth-order valence-corrected chi connectivity index (χ4v) is 4.22. The summed E-state index contributed by atoms with van der Waals surface area (Å²) in [4.78, 5) is 0. The molecule has 4 heteroatoms. The van der Waals surface area contributed by atoms with Crippen LogP contribution in [0.15, 0.2) is 71.3 Å². The minimum absolute atomic E-state index is 0.217. The second-order valence-corrected chi connectivity index (χ2v) is 7.73. The minimum atomic E-state index is -0.647. The summed E-state index contributed by atoms with van der Waals surface area (Å²) in [6, 6.07) is 18.3. The van der Waals surface area contributed by atoms with Gasteiger partial charge < -0.3 is 4.42 Å². The lowest BCUT2D eigenvalue weighted by Gasteiger charge is -2.10. The van der Waals surface area contributed by atoms with E-state index in [9.17, 15) is 8.78 Å². The van der Waals surface area contributed by atoms with Crippen LogP contribution in [-0.4, -0.2) is 0 Å². The molecule has 30 heavy (non-hydrogen) atoms. The van der Waals surface area contributed by atoms with Crippen molar-refractivity contribution in [2.24, 2.45) is 7.05 Å². The standard InChI is InChI=1S/C26H20F2NO/c1-15-9-10-19-25-21(28)12-18(27)13-23(25)30-26(19)24(15)22-11-16(2)20(14-29(22)3)17-7-5-4-6-8-17/h4-14H,1-3H3/q+1. The summed E-state index contributed by atoms with van der Waals surface area (Å²) in [5.74, 6) is -1.26. The molecule has 5 aromatic rings. The molecule has 0 saturated carbocycles. The first-order valence-electron chi connectivity index (χ1n) is 9.81. The number of nitrogens with zero attached hydrogens (tertiary/aromatic N) is 1. The number of hydrogen-bond acceptors (Lipinski definition) is 1. The maximum Gasteiger partial charge on any atom is 0.216 e. The SMILES string of the molecule is Cc1cc(-c2c(C)ccc3c2oc2cc(F)cc(F)c23)[n+](C)cc1-c1ccccc1. The molecule has 3 aromatic carbocycles. The highest BCUT2D eigenvalue weighted by molar-refractivity contribution is 6.10. The zero-order valence-electron chi connectivity index (χ0n) is 17.0. The maximum atomic E-state index is 14.5. The highest BCUT2D eigenvalue weighted by Gasteiger charge is 2.23. The van der Waals surface area contributed by atoms with Gasteiger partial charge in [0, 0.05) is 29.1 Å². The Morgan fingerprint density at radius 1 is 0.867 bits per heavy atom. The predicted octanol–water partition coefficient (Wildman–Crippen LogP) is 6.64. The van der Waals surface area contributed by atoms with Crippen molar-refractivity contribution in [2.75, 3.05) is 0 Å². The van der Waals surface area contributed by atoms with Crippen LogP contribution in [0.1, 0.15) is 11.1 Å². The highest BCUT2D eigenvalue weighted by atomic mass is 19.1. The smallest absolute Gasteiger partial charge is 0.216 e. The van der Waals surface area contributed by atoms with Crippen molar-refractivity contribution in [3.05, 3.63) is 89.6 Å². The number of pyridine rings is 1. The van der Waals surface area contributed by atoms with E-state index in [4.69, 9.17) is 4.42 Å². The van der Waals surface area contributed by atoms with Gasteiger partial charge in [-0.15, -0.1) is 0 Å². The third kappa shape index (κ3) is 2.79. The van der Waals surface area contributed by atoms with Gasteiger partial charge in [0.1, 0.15) is 29.8 Å². The molecule has 2 heterocycles. The van der Waals surface area contributed by atoms with Gasteiger partial charge in [-0.1, -0.05) is 42.5 Å². The minimum Gasteiger partial charge on any atom is -0.455 e. The van der Waals surface area contributed by atoms with Crippen LogP contribution in [0.2, 0.25) is 0 Å². The molecule has 0 bridgehead atoms. The number of fused-ring (bicyclic) bond motifs is 3. The highest BCUT2D eigenvalue weighted by Crippen LogP contribution is 2.39. The second-order valence-electron chi connectivity index (χ2n) is 7.73. The molecule has 0 N–H and O–H groups in total. The third-order valence-corrected chi connectivity index (χ3v) is 5.69. The van der Waals surface area contributed by atoms with E-state index < -0.39 is 11.6 Å². The molecule has 0 radical (unpaired) electrons. The Balaban J connectivity index is 1.80. The monoisotopic (exact) mass is 400 g/mol. The van der Waals surface area contributed by atoms with E-state index >= 15 is 0 Å². The van der Waals surface area contributed by atoms with Crippen LogP contribution in [-0.2, 0) is 7.05 Å². The summed E-state index contributed by atoms with van der Waals surface area (Å²) in [6.07, 6.45) is 2.10. The molecule has 0 aliphatic carbocycles. The van der Waals surface area contributed by atoms with Gasteiger partial charge in [0.05, 0.1) is 10.9 Å². The van der Waals surface area contributed by atoms with Crippen molar-refractivity contribution >= 4 is 21.9 Å². The summed E-state index contributed by atoms with van der Waals surface area (Å²) in [6.45, 7) is 4.08. The first-order valence-corrected chi connectivity index (χ1v) is 9.81. The Morgan fingerprint density at radius 3 is 2.40 bits per heavy atom. The summed E-state index contributed by atoms with van der Waals surface area (Å²) in [7, 11) is 1.99. The van der Waals surface area contributed by atoms with Gasteiger partial charge in [-0.05, 0) is 30.5 Å². The predicted molar refractivity (Wildman–Crippen MR) is 115 cm³/mol. The first kappa shape index (κ1) is 18.5. The average molecular weight is 400 g/mol. The molecule has 5 rings (SSSR count). The number of aromatic nitrogens is 1. The van der Waals surface area contributed by atoms with Crippen LogP contribution in [0.3, 0.4) is 0 Å². The maximum absolute atomic E-state index is 14.5. The van der Waals surface area contributed by atoms with Crippen molar-refractivity contribution in [1.82, 2.24) is 0 Å². The van der Waals surface area contributed by atoms with Crippen LogP contribution in [0.4, 0.5) is 8.78 Å². The van der Waals surface area contributed by atoms with E-state index in [0.717, 1.165) is 39.6 Å².